The normalized spacial score (nSPS) is 11.7. The lowest BCUT2D eigenvalue weighted by molar-refractivity contribution is 0.399. The van der Waals surface area contributed by atoms with E-state index in [-0.39, 0.29) is 11.0 Å². The van der Waals surface area contributed by atoms with Crippen molar-refractivity contribution in [3.8, 4) is 11.4 Å². The number of rotatable bonds is 1. The van der Waals surface area contributed by atoms with E-state index < -0.39 is 0 Å². The Morgan fingerprint density at radius 2 is 2.12 bits per heavy atom. The number of pyridine rings is 1. The predicted octanol–water partition coefficient (Wildman–Crippen LogP) is 1.39. The molecule has 0 aromatic carbocycles. The van der Waals surface area contributed by atoms with E-state index in [2.05, 4.69) is 15.2 Å². The zero-order valence-electron chi connectivity index (χ0n) is 9.56. The van der Waals surface area contributed by atoms with Crippen molar-refractivity contribution >= 4 is 0 Å². The number of nitrogens with one attached hydrogen (secondary N) is 1. The highest BCUT2D eigenvalue weighted by atomic mass is 16.1. The third-order valence-electron chi connectivity index (χ3n) is 2.34. The molecule has 5 nitrogen and oxygen atoms in total. The molecule has 16 heavy (non-hydrogen) atoms. The van der Waals surface area contributed by atoms with Crippen LogP contribution in [-0.2, 0) is 5.54 Å². The van der Waals surface area contributed by atoms with Gasteiger partial charge in [-0.05, 0) is 20.8 Å². The minimum absolute atomic E-state index is 0.0581. The maximum Gasteiger partial charge on any atom is 0.192 e. The molecule has 0 atom stereocenters. The van der Waals surface area contributed by atoms with Gasteiger partial charge in [0.2, 0.25) is 0 Å². The van der Waals surface area contributed by atoms with Crippen molar-refractivity contribution in [3.05, 3.63) is 35.0 Å². The molecule has 0 bridgehead atoms. The summed E-state index contributed by atoms with van der Waals surface area (Å²) in [7, 11) is 0. The molecule has 0 saturated heterocycles. The quantitative estimate of drug-likeness (QED) is 0.786. The number of hydrogen-bond acceptors (Lipinski definition) is 3. The van der Waals surface area contributed by atoms with Gasteiger partial charge in [0.05, 0.1) is 5.56 Å². The fourth-order valence-corrected chi connectivity index (χ4v) is 1.50. The van der Waals surface area contributed by atoms with E-state index >= 15 is 0 Å². The van der Waals surface area contributed by atoms with E-state index in [9.17, 15) is 4.79 Å². The second kappa shape index (κ2) is 3.59. The average Bonchev–Trinajstić information content (AvgIpc) is 2.66. The summed E-state index contributed by atoms with van der Waals surface area (Å²) in [6.45, 7) is 6.12. The third kappa shape index (κ3) is 1.76. The van der Waals surface area contributed by atoms with Crippen molar-refractivity contribution in [3.63, 3.8) is 0 Å². The number of nitrogens with zero attached hydrogens (tertiary/aromatic N) is 3. The van der Waals surface area contributed by atoms with Crippen LogP contribution in [0.1, 0.15) is 20.8 Å². The predicted molar refractivity (Wildman–Crippen MR) is 61.1 cm³/mol. The van der Waals surface area contributed by atoms with Gasteiger partial charge in [-0.3, -0.25) is 4.79 Å². The van der Waals surface area contributed by atoms with Gasteiger partial charge in [0, 0.05) is 24.0 Å². The molecular formula is C11H14N4O. The smallest absolute Gasteiger partial charge is 0.192 e. The van der Waals surface area contributed by atoms with Crippen LogP contribution in [0.2, 0.25) is 0 Å². The van der Waals surface area contributed by atoms with E-state index in [4.69, 9.17) is 0 Å². The molecule has 0 aliphatic carbocycles. The average molecular weight is 218 g/mol. The molecule has 1 N–H and O–H groups in total. The highest BCUT2D eigenvalue weighted by Gasteiger charge is 2.19. The van der Waals surface area contributed by atoms with Crippen LogP contribution in [0.15, 0.2) is 29.6 Å². The van der Waals surface area contributed by atoms with Gasteiger partial charge in [-0.1, -0.05) is 0 Å². The van der Waals surface area contributed by atoms with Crippen molar-refractivity contribution < 1.29 is 0 Å². The molecule has 0 aliphatic heterocycles. The van der Waals surface area contributed by atoms with E-state index in [0.717, 1.165) is 0 Å². The van der Waals surface area contributed by atoms with Gasteiger partial charge in [0.1, 0.15) is 6.33 Å². The molecule has 84 valence electrons. The maximum absolute atomic E-state index is 11.7. The third-order valence-corrected chi connectivity index (χ3v) is 2.34. The number of H-pyrrole nitrogens is 1. The number of hydrogen-bond donors (Lipinski definition) is 1. The Labute approximate surface area is 93.2 Å². The summed E-state index contributed by atoms with van der Waals surface area (Å²) in [4.78, 5) is 14.6. The van der Waals surface area contributed by atoms with Crippen LogP contribution >= 0.6 is 0 Å². The molecule has 2 rings (SSSR count). The minimum atomic E-state index is -0.152. The molecule has 2 aromatic rings. The lowest BCUT2D eigenvalue weighted by Crippen LogP contribution is -2.23. The standard InChI is InChI=1S/C11H14N4O/c1-11(2,3)15-7-13-14-10(15)8-6-12-5-4-9(8)16/h4-7H,1-3H3,(H,12,16). The summed E-state index contributed by atoms with van der Waals surface area (Å²) in [5.74, 6) is 0.592. The second-order valence-electron chi connectivity index (χ2n) is 4.62. The summed E-state index contributed by atoms with van der Waals surface area (Å²) >= 11 is 0. The first-order valence-corrected chi connectivity index (χ1v) is 5.08. The zero-order valence-corrected chi connectivity index (χ0v) is 9.56. The molecule has 0 fully saturated rings. The zero-order chi connectivity index (χ0) is 11.8. The Hall–Kier alpha value is -1.91. The first kappa shape index (κ1) is 10.6. The summed E-state index contributed by atoms with van der Waals surface area (Å²) in [6, 6.07) is 1.48. The summed E-state index contributed by atoms with van der Waals surface area (Å²) in [5, 5.41) is 7.87. The topological polar surface area (TPSA) is 63.6 Å². The molecule has 0 saturated carbocycles. The van der Waals surface area contributed by atoms with Crippen LogP contribution in [0.4, 0.5) is 0 Å². The Kier molecular flexibility index (Phi) is 2.38. The second-order valence-corrected chi connectivity index (χ2v) is 4.62. The van der Waals surface area contributed by atoms with Crippen molar-refractivity contribution in [2.45, 2.75) is 26.3 Å². The van der Waals surface area contributed by atoms with Gasteiger partial charge < -0.3 is 9.55 Å². The molecule has 0 amide bonds. The Morgan fingerprint density at radius 3 is 2.75 bits per heavy atom. The minimum Gasteiger partial charge on any atom is -0.367 e. The first-order chi connectivity index (χ1) is 7.50. The maximum atomic E-state index is 11.7. The molecule has 0 aliphatic rings. The summed E-state index contributed by atoms with van der Waals surface area (Å²) in [5.41, 5.74) is 0.327. The number of aromatic nitrogens is 4. The summed E-state index contributed by atoms with van der Waals surface area (Å²) < 4.78 is 1.89. The molecule has 0 radical (unpaired) electrons. The Balaban J connectivity index is 2.63. The highest BCUT2D eigenvalue weighted by Crippen LogP contribution is 2.20. The SMILES string of the molecule is CC(C)(C)n1cnnc1-c1c[nH]ccc1=O. The molecule has 2 aromatic heterocycles. The molecule has 2 heterocycles. The van der Waals surface area contributed by atoms with Gasteiger partial charge in [0.15, 0.2) is 11.3 Å². The Morgan fingerprint density at radius 1 is 1.38 bits per heavy atom. The van der Waals surface area contributed by atoms with Crippen LogP contribution < -0.4 is 5.43 Å². The highest BCUT2D eigenvalue weighted by molar-refractivity contribution is 5.53. The van der Waals surface area contributed by atoms with Gasteiger partial charge in [0.25, 0.3) is 0 Å². The van der Waals surface area contributed by atoms with E-state index in [0.29, 0.717) is 11.4 Å². The fraction of sp³-hybridized carbons (Fsp3) is 0.364. The van der Waals surface area contributed by atoms with Crippen molar-refractivity contribution in [2.24, 2.45) is 0 Å². The van der Waals surface area contributed by atoms with Gasteiger partial charge in [-0.15, -0.1) is 10.2 Å². The van der Waals surface area contributed by atoms with Crippen LogP contribution in [0.3, 0.4) is 0 Å². The van der Waals surface area contributed by atoms with Crippen molar-refractivity contribution in [1.29, 1.82) is 0 Å². The fourth-order valence-electron chi connectivity index (χ4n) is 1.50. The lowest BCUT2D eigenvalue weighted by Gasteiger charge is -2.21. The largest absolute Gasteiger partial charge is 0.367 e. The Bertz CT molecular complexity index is 547. The van der Waals surface area contributed by atoms with Crippen LogP contribution in [-0.4, -0.2) is 19.7 Å². The molecule has 0 spiro atoms. The van der Waals surface area contributed by atoms with Gasteiger partial charge in [-0.2, -0.15) is 0 Å². The lowest BCUT2D eigenvalue weighted by atomic mass is 10.1. The van der Waals surface area contributed by atoms with Crippen molar-refractivity contribution in [1.82, 2.24) is 19.7 Å². The van der Waals surface area contributed by atoms with Crippen LogP contribution in [0.25, 0.3) is 11.4 Å². The molecule has 5 heteroatoms. The van der Waals surface area contributed by atoms with E-state index in [1.165, 1.54) is 6.07 Å². The van der Waals surface area contributed by atoms with E-state index in [1.54, 1.807) is 18.7 Å². The first-order valence-electron chi connectivity index (χ1n) is 5.08. The van der Waals surface area contributed by atoms with Gasteiger partial charge >= 0.3 is 0 Å². The van der Waals surface area contributed by atoms with Crippen LogP contribution in [0, 0.1) is 0 Å². The van der Waals surface area contributed by atoms with Gasteiger partial charge in [-0.25, -0.2) is 0 Å². The summed E-state index contributed by atoms with van der Waals surface area (Å²) in [6.07, 6.45) is 4.89. The van der Waals surface area contributed by atoms with Crippen molar-refractivity contribution in [2.75, 3.05) is 0 Å². The molecular weight excluding hydrogens is 204 g/mol. The number of aromatic amines is 1. The van der Waals surface area contributed by atoms with E-state index in [1.807, 2.05) is 25.3 Å². The van der Waals surface area contributed by atoms with Crippen LogP contribution in [0.5, 0.6) is 0 Å². The monoisotopic (exact) mass is 218 g/mol. The molecule has 0 unspecified atom stereocenters.